The third-order valence-electron chi connectivity index (χ3n) is 3.47. The van der Waals surface area contributed by atoms with Crippen molar-refractivity contribution in [2.75, 3.05) is 0 Å². The first kappa shape index (κ1) is 8.09. The number of rotatable bonds is 0. The standard InChI is InChI=1S/C10H17NO/c12-11-10-7-3-5-8-4-1-2-6-9(8)10/h8-9,12H,1-7H2/b11-10-/t8-,9+/m0/s1. The minimum Gasteiger partial charge on any atom is -0.411 e. The summed E-state index contributed by atoms with van der Waals surface area (Å²) in [5.41, 5.74) is 1.09. The third-order valence-corrected chi connectivity index (χ3v) is 3.47. The average molecular weight is 167 g/mol. The van der Waals surface area contributed by atoms with E-state index < -0.39 is 0 Å². The fourth-order valence-corrected chi connectivity index (χ4v) is 2.85. The normalized spacial score (nSPS) is 39.5. The molecule has 2 atom stereocenters. The van der Waals surface area contributed by atoms with E-state index in [0.717, 1.165) is 18.1 Å². The fourth-order valence-electron chi connectivity index (χ4n) is 2.85. The molecule has 2 heteroatoms. The van der Waals surface area contributed by atoms with E-state index in [1.165, 1.54) is 38.5 Å². The largest absolute Gasteiger partial charge is 0.411 e. The Kier molecular flexibility index (Phi) is 2.33. The van der Waals surface area contributed by atoms with Crippen LogP contribution in [0.1, 0.15) is 44.9 Å². The Labute approximate surface area is 73.7 Å². The Morgan fingerprint density at radius 1 is 1.08 bits per heavy atom. The lowest BCUT2D eigenvalue weighted by Crippen LogP contribution is -2.31. The van der Waals surface area contributed by atoms with E-state index in [-0.39, 0.29) is 0 Å². The first-order valence-electron chi connectivity index (χ1n) is 5.12. The van der Waals surface area contributed by atoms with Gasteiger partial charge in [0.05, 0.1) is 5.71 Å². The van der Waals surface area contributed by atoms with E-state index in [1.807, 2.05) is 0 Å². The van der Waals surface area contributed by atoms with E-state index in [9.17, 15) is 0 Å². The topological polar surface area (TPSA) is 32.6 Å². The van der Waals surface area contributed by atoms with Gasteiger partial charge in [-0.2, -0.15) is 0 Å². The monoisotopic (exact) mass is 167 g/mol. The van der Waals surface area contributed by atoms with Crippen LogP contribution in [0.4, 0.5) is 0 Å². The molecule has 2 aliphatic rings. The van der Waals surface area contributed by atoms with Crippen LogP contribution < -0.4 is 0 Å². The smallest absolute Gasteiger partial charge is 0.0604 e. The van der Waals surface area contributed by atoms with Gasteiger partial charge in [0, 0.05) is 5.92 Å². The first-order valence-corrected chi connectivity index (χ1v) is 5.12. The highest BCUT2D eigenvalue weighted by Gasteiger charge is 2.32. The molecule has 2 aliphatic carbocycles. The first-order chi connectivity index (χ1) is 5.92. The molecular formula is C10H17NO. The molecule has 68 valence electrons. The molecular weight excluding hydrogens is 150 g/mol. The summed E-state index contributed by atoms with van der Waals surface area (Å²) in [5, 5.41) is 12.3. The van der Waals surface area contributed by atoms with E-state index in [4.69, 9.17) is 5.21 Å². The summed E-state index contributed by atoms with van der Waals surface area (Å²) in [6.07, 6.45) is 9.00. The van der Waals surface area contributed by atoms with Gasteiger partial charge in [-0.25, -0.2) is 0 Å². The zero-order valence-electron chi connectivity index (χ0n) is 7.50. The third kappa shape index (κ3) is 1.35. The summed E-state index contributed by atoms with van der Waals surface area (Å²) in [6, 6.07) is 0. The maximum absolute atomic E-state index is 8.82. The van der Waals surface area contributed by atoms with Crippen molar-refractivity contribution in [2.45, 2.75) is 44.9 Å². The molecule has 0 spiro atoms. The van der Waals surface area contributed by atoms with Gasteiger partial charge in [0.2, 0.25) is 0 Å². The van der Waals surface area contributed by atoms with E-state index in [1.54, 1.807) is 0 Å². The van der Waals surface area contributed by atoms with Gasteiger partial charge in [-0.3, -0.25) is 0 Å². The summed E-state index contributed by atoms with van der Waals surface area (Å²) in [5.74, 6) is 1.48. The van der Waals surface area contributed by atoms with E-state index in [0.29, 0.717) is 5.92 Å². The predicted molar refractivity (Wildman–Crippen MR) is 48.5 cm³/mol. The SMILES string of the molecule is O/N=C1/CCC[C@@H]2CCCC[C@@H]12. The Morgan fingerprint density at radius 2 is 1.83 bits per heavy atom. The Morgan fingerprint density at radius 3 is 2.67 bits per heavy atom. The molecule has 1 N–H and O–H groups in total. The van der Waals surface area contributed by atoms with Crippen LogP contribution in [0.25, 0.3) is 0 Å². The lowest BCUT2D eigenvalue weighted by Gasteiger charge is -2.35. The van der Waals surface area contributed by atoms with Gasteiger partial charge in [0.1, 0.15) is 0 Å². The molecule has 2 saturated carbocycles. The van der Waals surface area contributed by atoms with Crippen LogP contribution >= 0.6 is 0 Å². The van der Waals surface area contributed by atoms with Gasteiger partial charge in [0.15, 0.2) is 0 Å². The van der Waals surface area contributed by atoms with Crippen molar-refractivity contribution in [3.63, 3.8) is 0 Å². The number of oxime groups is 1. The molecule has 0 saturated heterocycles. The molecule has 2 nitrogen and oxygen atoms in total. The highest BCUT2D eigenvalue weighted by Crippen LogP contribution is 2.38. The van der Waals surface area contributed by atoms with E-state index in [2.05, 4.69) is 5.16 Å². The maximum Gasteiger partial charge on any atom is 0.0604 e. The minimum atomic E-state index is 0.637. The Hall–Kier alpha value is -0.530. The summed E-state index contributed by atoms with van der Waals surface area (Å²) >= 11 is 0. The number of fused-ring (bicyclic) bond motifs is 1. The number of hydrogen-bond acceptors (Lipinski definition) is 2. The molecule has 0 aliphatic heterocycles. The quantitative estimate of drug-likeness (QED) is 0.436. The van der Waals surface area contributed by atoms with Gasteiger partial charge >= 0.3 is 0 Å². The van der Waals surface area contributed by atoms with Crippen LogP contribution in [0.3, 0.4) is 0 Å². The van der Waals surface area contributed by atoms with Gasteiger partial charge in [-0.05, 0) is 38.0 Å². The molecule has 0 amide bonds. The van der Waals surface area contributed by atoms with Crippen LogP contribution in [-0.4, -0.2) is 10.9 Å². The van der Waals surface area contributed by atoms with Gasteiger partial charge in [-0.1, -0.05) is 18.0 Å². The maximum atomic E-state index is 8.82. The highest BCUT2D eigenvalue weighted by atomic mass is 16.4. The molecule has 0 unspecified atom stereocenters. The summed E-state index contributed by atoms with van der Waals surface area (Å²) in [6.45, 7) is 0. The minimum absolute atomic E-state index is 0.637. The molecule has 2 rings (SSSR count). The van der Waals surface area contributed by atoms with E-state index >= 15 is 0 Å². The predicted octanol–water partition coefficient (Wildman–Crippen LogP) is 2.81. The average Bonchev–Trinajstić information content (AvgIpc) is 2.17. The molecule has 0 bridgehead atoms. The second kappa shape index (κ2) is 3.46. The van der Waals surface area contributed by atoms with Crippen molar-refractivity contribution in [1.82, 2.24) is 0 Å². The second-order valence-corrected chi connectivity index (χ2v) is 4.13. The van der Waals surface area contributed by atoms with Gasteiger partial charge < -0.3 is 5.21 Å². The molecule has 2 fully saturated rings. The number of nitrogens with zero attached hydrogens (tertiary/aromatic N) is 1. The van der Waals surface area contributed by atoms with Crippen LogP contribution in [0.15, 0.2) is 5.16 Å². The van der Waals surface area contributed by atoms with Crippen LogP contribution in [-0.2, 0) is 0 Å². The van der Waals surface area contributed by atoms with Crippen LogP contribution in [0.2, 0.25) is 0 Å². The highest BCUT2D eigenvalue weighted by molar-refractivity contribution is 5.87. The van der Waals surface area contributed by atoms with Crippen molar-refractivity contribution >= 4 is 5.71 Å². The summed E-state index contributed by atoms with van der Waals surface area (Å²) < 4.78 is 0. The van der Waals surface area contributed by atoms with Crippen molar-refractivity contribution in [2.24, 2.45) is 17.0 Å². The Balaban J connectivity index is 2.09. The van der Waals surface area contributed by atoms with Gasteiger partial charge in [0.25, 0.3) is 0 Å². The van der Waals surface area contributed by atoms with Crippen molar-refractivity contribution in [3.05, 3.63) is 0 Å². The van der Waals surface area contributed by atoms with Crippen LogP contribution in [0, 0.1) is 11.8 Å². The zero-order chi connectivity index (χ0) is 8.39. The summed E-state index contributed by atoms with van der Waals surface area (Å²) in [7, 11) is 0. The molecule has 12 heavy (non-hydrogen) atoms. The Bertz CT molecular complexity index is 186. The van der Waals surface area contributed by atoms with Crippen molar-refractivity contribution in [3.8, 4) is 0 Å². The molecule has 0 radical (unpaired) electrons. The molecule has 0 heterocycles. The lowest BCUT2D eigenvalue weighted by molar-refractivity contribution is 0.243. The van der Waals surface area contributed by atoms with Gasteiger partial charge in [-0.15, -0.1) is 0 Å². The fraction of sp³-hybridized carbons (Fsp3) is 0.900. The number of hydrogen-bond donors (Lipinski definition) is 1. The van der Waals surface area contributed by atoms with Crippen molar-refractivity contribution in [1.29, 1.82) is 0 Å². The molecule has 0 aromatic rings. The molecule has 0 aromatic heterocycles. The molecule has 0 aromatic carbocycles. The van der Waals surface area contributed by atoms with Crippen LogP contribution in [0.5, 0.6) is 0 Å². The zero-order valence-corrected chi connectivity index (χ0v) is 7.50. The lowest BCUT2D eigenvalue weighted by atomic mass is 9.70. The van der Waals surface area contributed by atoms with Crippen molar-refractivity contribution < 1.29 is 5.21 Å². The second-order valence-electron chi connectivity index (χ2n) is 4.13. The summed E-state index contributed by atoms with van der Waals surface area (Å²) in [4.78, 5) is 0.